The number of nitrogens with zero attached hydrogens (tertiary/aromatic N) is 1. The van der Waals surface area contributed by atoms with Crippen molar-refractivity contribution >= 4 is 0 Å². The van der Waals surface area contributed by atoms with Gasteiger partial charge in [-0.05, 0) is 44.0 Å². The molecule has 1 aliphatic rings. The average molecular weight is 249 g/mol. The Hall–Kier alpha value is -1.15. The van der Waals surface area contributed by atoms with Crippen LogP contribution in [-0.2, 0) is 13.0 Å². The van der Waals surface area contributed by atoms with E-state index in [1.807, 2.05) is 12.1 Å². The molecule has 1 fully saturated rings. The summed E-state index contributed by atoms with van der Waals surface area (Å²) in [6.07, 6.45) is 4.77. The molecule has 0 aliphatic carbocycles. The second-order valence-corrected chi connectivity index (χ2v) is 4.57. The van der Waals surface area contributed by atoms with Crippen LogP contribution in [-0.4, -0.2) is 18.0 Å². The van der Waals surface area contributed by atoms with Gasteiger partial charge >= 0.3 is 0 Å². The lowest BCUT2D eigenvalue weighted by atomic mass is 10.0. The lowest BCUT2D eigenvalue weighted by Gasteiger charge is -2.27. The third-order valence-corrected chi connectivity index (χ3v) is 3.43. The third-order valence-electron chi connectivity index (χ3n) is 3.43. The van der Waals surface area contributed by atoms with Crippen LogP contribution in [0.4, 0.5) is 4.39 Å². The van der Waals surface area contributed by atoms with E-state index < -0.39 is 0 Å². The van der Waals surface area contributed by atoms with E-state index in [1.54, 1.807) is 6.07 Å². The van der Waals surface area contributed by atoms with Crippen LogP contribution in [0.25, 0.3) is 0 Å². The molecule has 1 heterocycles. The molecule has 1 nitrogen and oxygen atoms in total. The molecule has 100 valence electrons. The van der Waals surface area contributed by atoms with Crippen LogP contribution in [0.3, 0.4) is 0 Å². The van der Waals surface area contributed by atoms with Gasteiger partial charge in [0.25, 0.3) is 0 Å². The highest BCUT2D eigenvalue weighted by atomic mass is 19.1. The maximum atomic E-state index is 13.8. The molecular weight excluding hydrogens is 225 g/mol. The molecule has 0 atom stereocenters. The predicted molar refractivity (Wildman–Crippen MR) is 76.2 cm³/mol. The molecule has 2 rings (SSSR count). The van der Waals surface area contributed by atoms with Crippen LogP contribution in [0.2, 0.25) is 0 Å². The molecule has 1 aliphatic heterocycles. The minimum absolute atomic E-state index is 0.0371. The minimum Gasteiger partial charge on any atom is -0.299 e. The number of piperidine rings is 1. The fraction of sp³-hybridized carbons (Fsp3) is 0.500. The van der Waals surface area contributed by atoms with Crippen LogP contribution >= 0.6 is 0 Å². The fourth-order valence-corrected chi connectivity index (χ4v) is 2.45. The van der Waals surface area contributed by atoms with E-state index in [4.69, 9.17) is 0 Å². The zero-order valence-corrected chi connectivity index (χ0v) is 11.4. The van der Waals surface area contributed by atoms with Crippen molar-refractivity contribution in [2.24, 2.45) is 0 Å². The van der Waals surface area contributed by atoms with Crippen molar-refractivity contribution in [1.82, 2.24) is 4.90 Å². The monoisotopic (exact) mass is 249 g/mol. The summed E-state index contributed by atoms with van der Waals surface area (Å²) in [6, 6.07) is 5.44. The van der Waals surface area contributed by atoms with E-state index in [1.165, 1.54) is 19.3 Å². The Morgan fingerprint density at radius 3 is 2.44 bits per heavy atom. The van der Waals surface area contributed by atoms with Crippen LogP contribution in [0.1, 0.15) is 37.3 Å². The number of hydrogen-bond acceptors (Lipinski definition) is 1. The van der Waals surface area contributed by atoms with Crippen molar-refractivity contribution in [1.29, 1.82) is 0 Å². The fourth-order valence-electron chi connectivity index (χ4n) is 2.45. The van der Waals surface area contributed by atoms with Crippen molar-refractivity contribution in [3.05, 3.63) is 48.3 Å². The molecule has 18 heavy (non-hydrogen) atoms. The van der Waals surface area contributed by atoms with E-state index in [9.17, 15) is 4.39 Å². The van der Waals surface area contributed by atoms with Crippen molar-refractivity contribution in [3.63, 3.8) is 0 Å². The number of benzene rings is 1. The first-order valence-electron chi connectivity index (χ1n) is 6.80. The van der Waals surface area contributed by atoms with E-state index in [0.29, 0.717) is 0 Å². The number of halogens is 1. The van der Waals surface area contributed by atoms with Crippen molar-refractivity contribution in [2.75, 3.05) is 13.1 Å². The molecule has 0 bridgehead atoms. The summed E-state index contributed by atoms with van der Waals surface area (Å²) >= 11 is 0. The second kappa shape index (κ2) is 8.04. The number of rotatable bonds is 3. The van der Waals surface area contributed by atoms with Gasteiger partial charge in [0.15, 0.2) is 0 Å². The molecule has 0 amide bonds. The predicted octanol–water partition coefficient (Wildman–Crippen LogP) is 4.18. The van der Waals surface area contributed by atoms with Crippen LogP contribution < -0.4 is 0 Å². The van der Waals surface area contributed by atoms with E-state index >= 15 is 0 Å². The molecule has 1 saturated heterocycles. The summed E-state index contributed by atoms with van der Waals surface area (Å²) in [5.41, 5.74) is 2.07. The Kier molecular flexibility index (Phi) is 6.66. The quantitative estimate of drug-likeness (QED) is 0.726. The second-order valence-electron chi connectivity index (χ2n) is 4.57. The zero-order valence-electron chi connectivity index (χ0n) is 11.4. The maximum absolute atomic E-state index is 13.8. The molecule has 0 aromatic heterocycles. The Balaban J connectivity index is 0.000000771. The van der Waals surface area contributed by atoms with Gasteiger partial charge in [0.2, 0.25) is 0 Å². The van der Waals surface area contributed by atoms with Crippen LogP contribution in [0, 0.1) is 5.82 Å². The number of aryl methyl sites for hydroxylation is 1. The zero-order chi connectivity index (χ0) is 13.4. The topological polar surface area (TPSA) is 3.24 Å². The lowest BCUT2D eigenvalue weighted by molar-refractivity contribution is 0.217. The first kappa shape index (κ1) is 14.9. The molecule has 0 N–H and O–H groups in total. The summed E-state index contributed by atoms with van der Waals surface area (Å²) in [6.45, 7) is 11.1. The van der Waals surface area contributed by atoms with Crippen LogP contribution in [0.15, 0.2) is 31.4 Å². The van der Waals surface area contributed by atoms with Gasteiger partial charge < -0.3 is 0 Å². The van der Waals surface area contributed by atoms with Gasteiger partial charge in [-0.3, -0.25) is 4.90 Å². The molecule has 1 aromatic rings. The Bertz CT molecular complexity index is 356. The van der Waals surface area contributed by atoms with E-state index in [2.05, 4.69) is 25.0 Å². The highest BCUT2D eigenvalue weighted by molar-refractivity contribution is 5.28. The SMILES string of the molecule is C=C.CCc1cccc(F)c1CN1CCCCC1. The van der Waals surface area contributed by atoms with Gasteiger partial charge in [0, 0.05) is 12.1 Å². The summed E-state index contributed by atoms with van der Waals surface area (Å²) in [4.78, 5) is 2.38. The highest BCUT2D eigenvalue weighted by Crippen LogP contribution is 2.19. The molecular formula is C16H24FN. The van der Waals surface area contributed by atoms with Gasteiger partial charge in [0.05, 0.1) is 0 Å². The smallest absolute Gasteiger partial charge is 0.127 e. The summed E-state index contributed by atoms with van der Waals surface area (Å²) in [7, 11) is 0. The molecule has 0 spiro atoms. The average Bonchev–Trinajstić information content (AvgIpc) is 2.44. The molecule has 0 radical (unpaired) electrons. The molecule has 1 aromatic carbocycles. The van der Waals surface area contributed by atoms with Gasteiger partial charge in [-0.1, -0.05) is 25.5 Å². The van der Waals surface area contributed by atoms with E-state index in [-0.39, 0.29) is 5.82 Å². The number of hydrogen-bond donors (Lipinski definition) is 0. The Morgan fingerprint density at radius 1 is 1.17 bits per heavy atom. The van der Waals surface area contributed by atoms with Gasteiger partial charge in [-0.15, -0.1) is 13.2 Å². The van der Waals surface area contributed by atoms with Gasteiger partial charge in [0.1, 0.15) is 5.82 Å². The largest absolute Gasteiger partial charge is 0.299 e. The van der Waals surface area contributed by atoms with Gasteiger partial charge in [-0.25, -0.2) is 4.39 Å². The van der Waals surface area contributed by atoms with Gasteiger partial charge in [-0.2, -0.15) is 0 Å². The summed E-state index contributed by atoms with van der Waals surface area (Å²) < 4.78 is 13.8. The normalized spacial score (nSPS) is 15.9. The van der Waals surface area contributed by atoms with Crippen molar-refractivity contribution < 1.29 is 4.39 Å². The summed E-state index contributed by atoms with van der Waals surface area (Å²) in [5.74, 6) is -0.0371. The lowest BCUT2D eigenvalue weighted by Crippen LogP contribution is -2.29. The molecule has 2 heteroatoms. The van der Waals surface area contributed by atoms with Crippen molar-refractivity contribution in [2.45, 2.75) is 39.2 Å². The first-order chi connectivity index (χ1) is 8.81. The highest BCUT2D eigenvalue weighted by Gasteiger charge is 2.14. The molecule has 0 saturated carbocycles. The van der Waals surface area contributed by atoms with Crippen molar-refractivity contribution in [3.8, 4) is 0 Å². The first-order valence-corrected chi connectivity index (χ1v) is 6.80. The minimum atomic E-state index is -0.0371. The van der Waals surface area contributed by atoms with Crippen LogP contribution in [0.5, 0.6) is 0 Å². The Labute approximate surface area is 110 Å². The Morgan fingerprint density at radius 2 is 1.83 bits per heavy atom. The van der Waals surface area contributed by atoms with E-state index in [0.717, 1.165) is 37.2 Å². The number of likely N-dealkylation sites (tertiary alicyclic amines) is 1. The summed E-state index contributed by atoms with van der Waals surface area (Å²) in [5, 5.41) is 0. The maximum Gasteiger partial charge on any atom is 0.127 e. The molecule has 0 unspecified atom stereocenters. The standard InChI is InChI=1S/C14H20FN.C2H4/c1-2-12-7-6-8-14(15)13(12)11-16-9-4-3-5-10-16;1-2/h6-8H,2-5,9-11H2,1H3;1-2H2. The third kappa shape index (κ3) is 3.95.